The number of amides is 2. The number of rotatable bonds is 6. The Morgan fingerprint density at radius 2 is 1.70 bits per heavy atom. The van der Waals surface area contributed by atoms with Gasteiger partial charge in [-0.05, 0) is 42.5 Å². The van der Waals surface area contributed by atoms with Crippen LogP contribution in [-0.4, -0.2) is 48.7 Å². The van der Waals surface area contributed by atoms with E-state index in [0.29, 0.717) is 39.8 Å². The van der Waals surface area contributed by atoms with E-state index in [4.69, 9.17) is 16.6 Å². The van der Waals surface area contributed by atoms with E-state index in [-0.39, 0.29) is 5.56 Å². The fraction of sp³-hybridized carbons (Fsp3) is 0.120. The Labute approximate surface area is 192 Å². The molecule has 0 bridgehead atoms. The molecule has 0 fully saturated rings. The number of amidine groups is 1. The van der Waals surface area contributed by atoms with E-state index in [2.05, 4.69) is 21.5 Å². The van der Waals surface area contributed by atoms with Gasteiger partial charge in [-0.2, -0.15) is 0 Å². The summed E-state index contributed by atoms with van der Waals surface area (Å²) in [5.41, 5.74) is 2.18. The molecule has 0 aliphatic heterocycles. The zero-order chi connectivity index (χ0) is 24.0. The van der Waals surface area contributed by atoms with Crippen LogP contribution in [0, 0.1) is 17.8 Å². The van der Waals surface area contributed by atoms with Gasteiger partial charge in [0.2, 0.25) is 0 Å². The SMILES string of the molecule is C#Cc1ccc(NC(=O)c2cc(OC)ccc2NC(=O)c2ccc(C(=N)N(C)C)cc2)nc1. The zero-order valence-corrected chi connectivity index (χ0v) is 18.5. The van der Waals surface area contributed by atoms with Gasteiger partial charge in [-0.1, -0.05) is 18.1 Å². The number of terminal acetylenes is 1. The smallest absolute Gasteiger partial charge is 0.259 e. The van der Waals surface area contributed by atoms with E-state index in [1.807, 2.05) is 0 Å². The zero-order valence-electron chi connectivity index (χ0n) is 18.5. The van der Waals surface area contributed by atoms with E-state index in [9.17, 15) is 9.59 Å². The highest BCUT2D eigenvalue weighted by atomic mass is 16.5. The topological polar surface area (TPSA) is 107 Å². The summed E-state index contributed by atoms with van der Waals surface area (Å²) >= 11 is 0. The van der Waals surface area contributed by atoms with Crippen LogP contribution in [0.25, 0.3) is 0 Å². The van der Waals surface area contributed by atoms with Gasteiger partial charge in [0.05, 0.1) is 18.4 Å². The molecule has 8 nitrogen and oxygen atoms in total. The van der Waals surface area contributed by atoms with E-state index in [0.717, 1.165) is 0 Å². The Balaban J connectivity index is 1.82. The number of ether oxygens (including phenoxy) is 1. The maximum Gasteiger partial charge on any atom is 0.259 e. The average Bonchev–Trinajstić information content (AvgIpc) is 2.84. The van der Waals surface area contributed by atoms with Crippen LogP contribution in [0.4, 0.5) is 11.5 Å². The van der Waals surface area contributed by atoms with E-state index in [1.165, 1.54) is 19.4 Å². The number of hydrogen-bond donors (Lipinski definition) is 3. The highest BCUT2D eigenvalue weighted by Crippen LogP contribution is 2.24. The number of anilines is 2. The van der Waals surface area contributed by atoms with Crippen molar-refractivity contribution in [1.82, 2.24) is 9.88 Å². The van der Waals surface area contributed by atoms with Crippen molar-refractivity contribution in [1.29, 1.82) is 5.41 Å². The fourth-order valence-corrected chi connectivity index (χ4v) is 2.92. The van der Waals surface area contributed by atoms with E-state index in [1.54, 1.807) is 67.5 Å². The number of nitrogens with zero attached hydrogens (tertiary/aromatic N) is 2. The molecule has 0 aliphatic rings. The second-order valence-corrected chi connectivity index (χ2v) is 7.22. The molecule has 0 saturated heterocycles. The summed E-state index contributed by atoms with van der Waals surface area (Å²) in [5.74, 6) is 2.70. The molecule has 2 amide bonds. The molecule has 3 rings (SSSR count). The summed E-state index contributed by atoms with van der Waals surface area (Å²) in [6, 6.07) is 14.7. The second-order valence-electron chi connectivity index (χ2n) is 7.22. The van der Waals surface area contributed by atoms with Crippen LogP contribution in [0.15, 0.2) is 60.8 Å². The average molecular weight is 441 g/mol. The summed E-state index contributed by atoms with van der Waals surface area (Å²) < 4.78 is 5.23. The van der Waals surface area contributed by atoms with Crippen molar-refractivity contribution in [3.05, 3.63) is 83.0 Å². The first-order chi connectivity index (χ1) is 15.8. The Kier molecular flexibility index (Phi) is 7.06. The number of pyridine rings is 1. The quantitative estimate of drug-likeness (QED) is 0.309. The standard InChI is InChI=1S/C25H23N5O3/c1-5-16-6-13-22(27-15-16)29-25(32)20-14-19(33-4)11-12-21(20)28-24(31)18-9-7-17(8-10-18)23(26)30(2)3/h1,6-15,26H,2-4H3,(H,28,31)(H,27,29,32). The Morgan fingerprint density at radius 3 is 2.27 bits per heavy atom. The molecule has 0 aliphatic carbocycles. The summed E-state index contributed by atoms with van der Waals surface area (Å²) in [7, 11) is 5.04. The molecular formula is C25H23N5O3. The summed E-state index contributed by atoms with van der Waals surface area (Å²) in [5, 5.41) is 13.5. The minimum absolute atomic E-state index is 0.205. The van der Waals surface area contributed by atoms with Gasteiger partial charge in [-0.15, -0.1) is 6.42 Å². The first-order valence-corrected chi connectivity index (χ1v) is 9.92. The highest BCUT2D eigenvalue weighted by molar-refractivity contribution is 6.12. The van der Waals surface area contributed by atoms with Crippen molar-refractivity contribution in [3.63, 3.8) is 0 Å². The highest BCUT2D eigenvalue weighted by Gasteiger charge is 2.17. The Bertz CT molecular complexity index is 1230. The molecule has 2 aromatic carbocycles. The molecule has 166 valence electrons. The Hall–Kier alpha value is -4.64. The van der Waals surface area contributed by atoms with Gasteiger partial charge in [0, 0.05) is 37.0 Å². The van der Waals surface area contributed by atoms with E-state index < -0.39 is 11.8 Å². The lowest BCUT2D eigenvalue weighted by molar-refractivity contribution is 0.102. The predicted octanol–water partition coefficient (Wildman–Crippen LogP) is 3.46. The van der Waals surface area contributed by atoms with Crippen LogP contribution >= 0.6 is 0 Å². The van der Waals surface area contributed by atoms with Gasteiger partial charge in [0.25, 0.3) is 11.8 Å². The number of aromatic nitrogens is 1. The predicted molar refractivity (Wildman–Crippen MR) is 128 cm³/mol. The molecule has 0 radical (unpaired) electrons. The molecule has 3 N–H and O–H groups in total. The van der Waals surface area contributed by atoms with Crippen molar-refractivity contribution in [3.8, 4) is 18.1 Å². The number of hydrogen-bond acceptors (Lipinski definition) is 5. The van der Waals surface area contributed by atoms with Crippen molar-refractivity contribution in [2.75, 3.05) is 31.8 Å². The molecule has 1 aromatic heterocycles. The van der Waals surface area contributed by atoms with Crippen molar-refractivity contribution in [2.24, 2.45) is 0 Å². The molecule has 0 unspecified atom stereocenters. The number of methoxy groups -OCH3 is 1. The van der Waals surface area contributed by atoms with Gasteiger partial charge in [-0.25, -0.2) is 4.98 Å². The third-order valence-corrected chi connectivity index (χ3v) is 4.76. The third kappa shape index (κ3) is 5.54. The molecule has 3 aromatic rings. The van der Waals surface area contributed by atoms with Gasteiger partial charge < -0.3 is 20.3 Å². The first-order valence-electron chi connectivity index (χ1n) is 9.92. The lowest BCUT2D eigenvalue weighted by atomic mass is 10.1. The van der Waals surface area contributed by atoms with Crippen LogP contribution in [0.1, 0.15) is 31.8 Å². The van der Waals surface area contributed by atoms with Gasteiger partial charge in [-0.3, -0.25) is 15.0 Å². The lowest BCUT2D eigenvalue weighted by Gasteiger charge is -2.15. The Morgan fingerprint density at radius 1 is 1.00 bits per heavy atom. The largest absolute Gasteiger partial charge is 0.497 e. The number of nitrogens with one attached hydrogen (secondary N) is 3. The molecule has 8 heteroatoms. The molecule has 0 atom stereocenters. The summed E-state index contributed by atoms with van der Waals surface area (Å²) in [4.78, 5) is 31.5. The summed E-state index contributed by atoms with van der Waals surface area (Å²) in [6.45, 7) is 0. The third-order valence-electron chi connectivity index (χ3n) is 4.76. The maximum atomic E-state index is 12.9. The summed E-state index contributed by atoms with van der Waals surface area (Å²) in [6.07, 6.45) is 6.81. The normalized spacial score (nSPS) is 10.0. The minimum Gasteiger partial charge on any atom is -0.497 e. The van der Waals surface area contributed by atoms with Crippen LogP contribution in [0.2, 0.25) is 0 Å². The molecule has 0 saturated carbocycles. The number of carbonyl (C=O) groups is 2. The van der Waals surface area contributed by atoms with Crippen molar-refractivity contribution < 1.29 is 14.3 Å². The monoisotopic (exact) mass is 441 g/mol. The van der Waals surface area contributed by atoms with Gasteiger partial charge in [0.15, 0.2) is 0 Å². The minimum atomic E-state index is -0.472. The van der Waals surface area contributed by atoms with Crippen LogP contribution in [-0.2, 0) is 0 Å². The fourth-order valence-electron chi connectivity index (χ4n) is 2.92. The number of benzene rings is 2. The molecule has 1 heterocycles. The molecular weight excluding hydrogens is 418 g/mol. The second kappa shape index (κ2) is 10.1. The van der Waals surface area contributed by atoms with Crippen molar-refractivity contribution in [2.45, 2.75) is 0 Å². The molecule has 33 heavy (non-hydrogen) atoms. The number of carbonyl (C=O) groups excluding carboxylic acids is 2. The first kappa shape index (κ1) is 23.0. The maximum absolute atomic E-state index is 12.9. The molecule has 0 spiro atoms. The van der Waals surface area contributed by atoms with E-state index >= 15 is 0 Å². The van der Waals surface area contributed by atoms with Crippen LogP contribution < -0.4 is 15.4 Å². The van der Waals surface area contributed by atoms with Crippen molar-refractivity contribution >= 4 is 29.2 Å². The van der Waals surface area contributed by atoms with Gasteiger partial charge >= 0.3 is 0 Å². The van der Waals surface area contributed by atoms with Crippen LogP contribution in [0.3, 0.4) is 0 Å². The van der Waals surface area contributed by atoms with Crippen LogP contribution in [0.5, 0.6) is 5.75 Å². The van der Waals surface area contributed by atoms with Gasteiger partial charge in [0.1, 0.15) is 17.4 Å². The lowest BCUT2D eigenvalue weighted by Crippen LogP contribution is -2.22.